The monoisotopic (exact) mass is 408 g/mol. The predicted molar refractivity (Wildman–Crippen MR) is 109 cm³/mol. The summed E-state index contributed by atoms with van der Waals surface area (Å²) in [6.45, 7) is 1.86. The summed E-state index contributed by atoms with van der Waals surface area (Å²) in [5.41, 5.74) is 5.06. The van der Waals surface area contributed by atoms with E-state index in [2.05, 4.69) is 10.5 Å². The van der Waals surface area contributed by atoms with Crippen LogP contribution in [-0.4, -0.2) is 10.9 Å². The number of hydrogen-bond acceptors (Lipinski definition) is 4. The molecule has 6 heteroatoms. The zero-order valence-electron chi connectivity index (χ0n) is 15.7. The Balaban J connectivity index is 1.61. The molecule has 0 amide bonds. The van der Waals surface area contributed by atoms with Gasteiger partial charge < -0.3 is 9.84 Å². The molecule has 0 saturated carbocycles. The highest BCUT2D eigenvalue weighted by molar-refractivity contribution is 6.30. The molecule has 0 radical (unpaired) electrons. The van der Waals surface area contributed by atoms with Gasteiger partial charge in [0.25, 0.3) is 0 Å². The van der Waals surface area contributed by atoms with Gasteiger partial charge in [0.1, 0.15) is 5.82 Å². The second-order valence-electron chi connectivity index (χ2n) is 7.59. The van der Waals surface area contributed by atoms with Gasteiger partial charge in [-0.3, -0.25) is 4.79 Å². The SMILES string of the molecule is Cc1noc2c1[C@@H](c1ccc(F)cc1)C1=C(C[C@@H](c3ccc(Cl)cc3)CC1=O)N2. The van der Waals surface area contributed by atoms with Crippen molar-refractivity contribution in [1.29, 1.82) is 0 Å². The standard InChI is InChI=1S/C23H18ClFN2O2/c1-12-20-21(14-4-8-17(25)9-5-14)22-18(26-23(20)29-27-12)10-15(11-19(22)28)13-2-6-16(24)7-3-13/h2-9,15,21,26H,10-11H2,1H3/t15-,21-/m1/s1. The van der Waals surface area contributed by atoms with Gasteiger partial charge in [-0.2, -0.15) is 0 Å². The number of halogens is 2. The van der Waals surface area contributed by atoms with Gasteiger partial charge >= 0.3 is 0 Å². The lowest BCUT2D eigenvalue weighted by Crippen LogP contribution is -2.29. The van der Waals surface area contributed by atoms with Gasteiger partial charge in [-0.1, -0.05) is 41.0 Å². The fraction of sp³-hybridized carbons (Fsp3) is 0.217. The van der Waals surface area contributed by atoms with E-state index in [0.717, 1.165) is 33.7 Å². The number of allylic oxidation sites excluding steroid dienone is 2. The third-order valence-corrected chi connectivity index (χ3v) is 6.05. The number of fused-ring (bicyclic) bond motifs is 1. The summed E-state index contributed by atoms with van der Waals surface area (Å²) in [6, 6.07) is 13.9. The summed E-state index contributed by atoms with van der Waals surface area (Å²) in [5.74, 6) is 0.0774. The van der Waals surface area contributed by atoms with Crippen molar-refractivity contribution in [2.24, 2.45) is 0 Å². The number of benzene rings is 2. The molecule has 3 aromatic rings. The summed E-state index contributed by atoms with van der Waals surface area (Å²) in [6.07, 6.45) is 1.10. The van der Waals surface area contributed by atoms with Crippen molar-refractivity contribution in [1.82, 2.24) is 5.16 Å². The quantitative estimate of drug-likeness (QED) is 0.588. The van der Waals surface area contributed by atoms with Crippen LogP contribution in [0.1, 0.15) is 47.1 Å². The van der Waals surface area contributed by atoms with E-state index in [-0.39, 0.29) is 23.4 Å². The van der Waals surface area contributed by atoms with Crippen LogP contribution >= 0.6 is 11.6 Å². The van der Waals surface area contributed by atoms with Gasteiger partial charge in [0, 0.05) is 28.6 Å². The molecule has 1 aliphatic heterocycles. The highest BCUT2D eigenvalue weighted by Crippen LogP contribution is 2.49. The largest absolute Gasteiger partial charge is 0.338 e. The van der Waals surface area contributed by atoms with E-state index in [1.807, 2.05) is 31.2 Å². The maximum atomic E-state index is 13.5. The highest BCUT2D eigenvalue weighted by Gasteiger charge is 2.41. The van der Waals surface area contributed by atoms with Gasteiger partial charge in [-0.25, -0.2) is 4.39 Å². The van der Waals surface area contributed by atoms with E-state index in [1.54, 1.807) is 12.1 Å². The van der Waals surface area contributed by atoms with E-state index in [4.69, 9.17) is 16.1 Å². The topological polar surface area (TPSA) is 55.1 Å². The third-order valence-electron chi connectivity index (χ3n) is 5.80. The molecule has 4 nitrogen and oxygen atoms in total. The van der Waals surface area contributed by atoms with Gasteiger partial charge in [0.15, 0.2) is 5.78 Å². The fourth-order valence-electron chi connectivity index (χ4n) is 4.43. The van der Waals surface area contributed by atoms with Crippen molar-refractivity contribution in [3.05, 3.63) is 93.0 Å². The van der Waals surface area contributed by atoms with Gasteiger partial charge in [0.05, 0.1) is 11.3 Å². The molecule has 0 unspecified atom stereocenters. The average Bonchev–Trinajstić information content (AvgIpc) is 3.08. The Kier molecular flexibility index (Phi) is 4.28. The van der Waals surface area contributed by atoms with Crippen LogP contribution in [0, 0.1) is 12.7 Å². The highest BCUT2D eigenvalue weighted by atomic mass is 35.5. The summed E-state index contributed by atoms with van der Waals surface area (Å²) in [4.78, 5) is 13.3. The van der Waals surface area contributed by atoms with Crippen molar-refractivity contribution in [2.45, 2.75) is 31.6 Å². The van der Waals surface area contributed by atoms with E-state index in [0.29, 0.717) is 23.7 Å². The number of anilines is 1. The van der Waals surface area contributed by atoms with Crippen molar-refractivity contribution in [2.75, 3.05) is 5.32 Å². The minimum atomic E-state index is -0.313. The van der Waals surface area contributed by atoms with Crippen LogP contribution in [0.15, 0.2) is 64.3 Å². The number of hydrogen-bond donors (Lipinski definition) is 1. The predicted octanol–water partition coefficient (Wildman–Crippen LogP) is 5.73. The summed E-state index contributed by atoms with van der Waals surface area (Å²) >= 11 is 6.01. The van der Waals surface area contributed by atoms with Gasteiger partial charge in [-0.05, 0) is 54.7 Å². The summed E-state index contributed by atoms with van der Waals surface area (Å²) in [5, 5.41) is 8.07. The lowest BCUT2D eigenvalue weighted by molar-refractivity contribution is -0.116. The van der Waals surface area contributed by atoms with Crippen molar-refractivity contribution in [3.63, 3.8) is 0 Å². The first kappa shape index (κ1) is 18.1. The van der Waals surface area contributed by atoms with Crippen LogP contribution < -0.4 is 5.32 Å². The van der Waals surface area contributed by atoms with E-state index < -0.39 is 0 Å². The van der Waals surface area contributed by atoms with Crippen LogP contribution in [0.25, 0.3) is 0 Å². The molecular weight excluding hydrogens is 391 g/mol. The van der Waals surface area contributed by atoms with Crippen molar-refractivity contribution >= 4 is 23.3 Å². The molecule has 2 aromatic carbocycles. The summed E-state index contributed by atoms with van der Waals surface area (Å²) < 4.78 is 19.0. The van der Waals surface area contributed by atoms with Crippen LogP contribution in [-0.2, 0) is 4.79 Å². The lowest BCUT2D eigenvalue weighted by Gasteiger charge is -2.34. The maximum Gasteiger partial charge on any atom is 0.233 e. The number of rotatable bonds is 2. The molecule has 1 N–H and O–H groups in total. The Hall–Kier alpha value is -2.92. The van der Waals surface area contributed by atoms with E-state index in [9.17, 15) is 9.18 Å². The second kappa shape index (κ2) is 6.85. The number of nitrogens with zero attached hydrogens (tertiary/aromatic N) is 1. The van der Waals surface area contributed by atoms with Crippen LogP contribution in [0.3, 0.4) is 0 Å². The molecular formula is C23H18ClFN2O2. The molecule has 2 atom stereocenters. The summed E-state index contributed by atoms with van der Waals surface area (Å²) in [7, 11) is 0. The molecule has 5 rings (SSSR count). The lowest BCUT2D eigenvalue weighted by atomic mass is 9.72. The van der Waals surface area contributed by atoms with E-state index in [1.165, 1.54) is 12.1 Å². The zero-order chi connectivity index (χ0) is 20.1. The Morgan fingerprint density at radius 3 is 2.48 bits per heavy atom. The minimum Gasteiger partial charge on any atom is -0.338 e. The van der Waals surface area contributed by atoms with Crippen LogP contribution in [0.5, 0.6) is 0 Å². The molecule has 29 heavy (non-hydrogen) atoms. The van der Waals surface area contributed by atoms with Gasteiger partial charge in [0.2, 0.25) is 5.88 Å². The molecule has 1 aliphatic carbocycles. The normalized spacial score (nSPS) is 20.9. The Bertz CT molecular complexity index is 1130. The Morgan fingerprint density at radius 1 is 1.07 bits per heavy atom. The zero-order valence-corrected chi connectivity index (χ0v) is 16.5. The van der Waals surface area contributed by atoms with Crippen LogP contribution in [0.4, 0.5) is 10.3 Å². The van der Waals surface area contributed by atoms with Gasteiger partial charge in [-0.15, -0.1) is 0 Å². The maximum absolute atomic E-state index is 13.5. The second-order valence-corrected chi connectivity index (χ2v) is 8.03. The molecule has 0 saturated heterocycles. The van der Waals surface area contributed by atoms with Crippen molar-refractivity contribution in [3.8, 4) is 0 Å². The Labute approximate surface area is 172 Å². The smallest absolute Gasteiger partial charge is 0.233 e. The minimum absolute atomic E-state index is 0.0606. The first-order valence-electron chi connectivity index (χ1n) is 9.51. The van der Waals surface area contributed by atoms with Crippen molar-refractivity contribution < 1.29 is 13.7 Å². The number of carbonyl (C=O) groups excluding carboxylic acids is 1. The van der Waals surface area contributed by atoms with Crippen LogP contribution in [0.2, 0.25) is 5.02 Å². The molecule has 0 fully saturated rings. The molecule has 1 aromatic heterocycles. The number of Topliss-reactive ketones (excluding diaryl/α,β-unsaturated/α-hetero) is 1. The first-order chi connectivity index (χ1) is 14.0. The number of nitrogens with one attached hydrogen (secondary N) is 1. The molecule has 2 heterocycles. The number of aryl methyl sites for hydroxylation is 1. The first-order valence-corrected chi connectivity index (χ1v) is 9.89. The molecule has 2 aliphatic rings. The fourth-order valence-corrected chi connectivity index (χ4v) is 4.56. The number of ketones is 1. The molecule has 0 bridgehead atoms. The molecule has 146 valence electrons. The Morgan fingerprint density at radius 2 is 1.76 bits per heavy atom. The number of carbonyl (C=O) groups is 1. The number of aromatic nitrogens is 1. The average molecular weight is 409 g/mol. The third kappa shape index (κ3) is 3.06. The molecule has 0 spiro atoms. The van der Waals surface area contributed by atoms with E-state index >= 15 is 0 Å².